The fourth-order valence-electron chi connectivity index (χ4n) is 1.88. The third-order valence-corrected chi connectivity index (χ3v) is 2.80. The third kappa shape index (κ3) is 3.18. The van der Waals surface area contributed by atoms with Crippen LogP contribution in [-0.2, 0) is 0 Å². The van der Waals surface area contributed by atoms with E-state index >= 15 is 0 Å². The van der Waals surface area contributed by atoms with Gasteiger partial charge in [-0.3, -0.25) is 4.98 Å². The quantitative estimate of drug-likeness (QED) is 0.772. The monoisotopic (exact) mass is 318 g/mol. The standard InChI is InChI=1S/C14H9F3N6/c15-7-4-8(6-19-5-7)20-14-22-12(21-13(18)23-14)11-9(16)2-1-3-10(11)17/h1-6H,(H3,18,20,21,22,23). The number of anilines is 3. The van der Waals surface area contributed by atoms with E-state index in [9.17, 15) is 13.2 Å². The van der Waals surface area contributed by atoms with Gasteiger partial charge in [-0.05, 0) is 12.1 Å². The lowest BCUT2D eigenvalue weighted by molar-refractivity contribution is 0.587. The van der Waals surface area contributed by atoms with Crippen LogP contribution in [0.1, 0.15) is 0 Å². The summed E-state index contributed by atoms with van der Waals surface area (Å²) in [7, 11) is 0. The Bertz CT molecular complexity index is 851. The number of nitrogens with zero attached hydrogens (tertiary/aromatic N) is 4. The third-order valence-electron chi connectivity index (χ3n) is 2.80. The molecule has 3 aromatic rings. The number of nitrogens with one attached hydrogen (secondary N) is 1. The first-order chi connectivity index (χ1) is 11.0. The van der Waals surface area contributed by atoms with Gasteiger partial charge in [-0.15, -0.1) is 0 Å². The van der Waals surface area contributed by atoms with Crippen LogP contribution in [0.4, 0.5) is 30.8 Å². The molecule has 23 heavy (non-hydrogen) atoms. The summed E-state index contributed by atoms with van der Waals surface area (Å²) in [4.78, 5) is 15.1. The van der Waals surface area contributed by atoms with Crippen molar-refractivity contribution in [1.82, 2.24) is 19.9 Å². The van der Waals surface area contributed by atoms with Crippen LogP contribution >= 0.6 is 0 Å². The number of aromatic nitrogens is 4. The molecular formula is C14H9F3N6. The summed E-state index contributed by atoms with van der Waals surface area (Å²) in [6.07, 6.45) is 2.35. The van der Waals surface area contributed by atoms with E-state index in [4.69, 9.17) is 5.73 Å². The molecule has 116 valence electrons. The molecule has 0 spiro atoms. The normalized spacial score (nSPS) is 10.6. The van der Waals surface area contributed by atoms with E-state index in [-0.39, 0.29) is 23.4 Å². The molecule has 6 nitrogen and oxygen atoms in total. The van der Waals surface area contributed by atoms with Gasteiger partial charge < -0.3 is 11.1 Å². The zero-order valence-electron chi connectivity index (χ0n) is 11.5. The summed E-state index contributed by atoms with van der Waals surface area (Å²) in [6.45, 7) is 0. The van der Waals surface area contributed by atoms with Gasteiger partial charge in [-0.1, -0.05) is 6.07 Å². The highest BCUT2D eigenvalue weighted by atomic mass is 19.1. The topological polar surface area (TPSA) is 89.6 Å². The predicted octanol–water partition coefficient (Wildman–Crippen LogP) is 2.68. The molecule has 0 saturated heterocycles. The Morgan fingerprint density at radius 1 is 0.957 bits per heavy atom. The minimum Gasteiger partial charge on any atom is -0.368 e. The average Bonchev–Trinajstić information content (AvgIpc) is 2.46. The molecule has 1 aromatic carbocycles. The van der Waals surface area contributed by atoms with E-state index in [2.05, 4.69) is 25.3 Å². The van der Waals surface area contributed by atoms with E-state index < -0.39 is 23.0 Å². The van der Waals surface area contributed by atoms with Gasteiger partial charge in [0.25, 0.3) is 0 Å². The Hall–Kier alpha value is -3.23. The minimum absolute atomic E-state index is 0.0949. The number of pyridine rings is 1. The average molecular weight is 318 g/mol. The smallest absolute Gasteiger partial charge is 0.232 e. The van der Waals surface area contributed by atoms with Crippen molar-refractivity contribution in [3.8, 4) is 11.4 Å². The van der Waals surface area contributed by atoms with Crippen molar-refractivity contribution in [1.29, 1.82) is 0 Å². The van der Waals surface area contributed by atoms with Gasteiger partial charge in [-0.2, -0.15) is 15.0 Å². The first-order valence-electron chi connectivity index (χ1n) is 6.36. The van der Waals surface area contributed by atoms with Gasteiger partial charge in [0.2, 0.25) is 11.9 Å². The van der Waals surface area contributed by atoms with Gasteiger partial charge in [0, 0.05) is 6.07 Å². The number of benzene rings is 1. The lowest BCUT2D eigenvalue weighted by Crippen LogP contribution is -2.06. The molecule has 0 radical (unpaired) electrons. The molecule has 3 rings (SSSR count). The van der Waals surface area contributed by atoms with E-state index in [1.165, 1.54) is 12.3 Å². The SMILES string of the molecule is Nc1nc(Nc2cncc(F)c2)nc(-c2c(F)cccc2F)n1. The number of halogens is 3. The first kappa shape index (κ1) is 14.7. The van der Waals surface area contributed by atoms with Crippen LogP contribution < -0.4 is 11.1 Å². The number of nitrogen functional groups attached to an aromatic ring is 1. The summed E-state index contributed by atoms with van der Waals surface area (Å²) in [5, 5.41) is 2.65. The van der Waals surface area contributed by atoms with Gasteiger partial charge >= 0.3 is 0 Å². The van der Waals surface area contributed by atoms with Crippen molar-refractivity contribution in [2.45, 2.75) is 0 Å². The fourth-order valence-corrected chi connectivity index (χ4v) is 1.88. The zero-order chi connectivity index (χ0) is 16.4. The molecular weight excluding hydrogens is 309 g/mol. The Kier molecular flexibility index (Phi) is 3.75. The lowest BCUT2D eigenvalue weighted by atomic mass is 10.2. The van der Waals surface area contributed by atoms with Crippen LogP contribution in [0, 0.1) is 17.5 Å². The first-order valence-corrected chi connectivity index (χ1v) is 6.36. The van der Waals surface area contributed by atoms with Gasteiger partial charge in [0.05, 0.1) is 23.6 Å². The number of nitrogens with two attached hydrogens (primary N) is 1. The van der Waals surface area contributed by atoms with Gasteiger partial charge in [0.1, 0.15) is 17.5 Å². The summed E-state index contributed by atoms with van der Waals surface area (Å²) >= 11 is 0. The zero-order valence-corrected chi connectivity index (χ0v) is 11.5. The van der Waals surface area contributed by atoms with E-state index in [0.717, 1.165) is 24.4 Å². The second-order valence-electron chi connectivity index (χ2n) is 4.45. The molecule has 2 aromatic heterocycles. The summed E-state index contributed by atoms with van der Waals surface area (Å²) in [5.41, 5.74) is 5.36. The van der Waals surface area contributed by atoms with Crippen LogP contribution in [0.2, 0.25) is 0 Å². The maximum atomic E-state index is 13.8. The Labute approximate surface area is 128 Å². The van der Waals surface area contributed by atoms with Crippen LogP contribution in [-0.4, -0.2) is 19.9 Å². The van der Waals surface area contributed by atoms with E-state index in [1.54, 1.807) is 0 Å². The summed E-state index contributed by atoms with van der Waals surface area (Å²) < 4.78 is 40.8. The molecule has 0 bridgehead atoms. The number of hydrogen-bond donors (Lipinski definition) is 2. The van der Waals surface area contributed by atoms with Crippen LogP contribution in [0.5, 0.6) is 0 Å². The second kappa shape index (κ2) is 5.87. The molecule has 0 amide bonds. The molecule has 0 unspecified atom stereocenters. The van der Waals surface area contributed by atoms with Gasteiger partial charge in [0.15, 0.2) is 5.82 Å². The largest absolute Gasteiger partial charge is 0.368 e. The highest BCUT2D eigenvalue weighted by Crippen LogP contribution is 2.24. The minimum atomic E-state index is -0.839. The second-order valence-corrected chi connectivity index (χ2v) is 4.45. The van der Waals surface area contributed by atoms with Crippen LogP contribution in [0.25, 0.3) is 11.4 Å². The van der Waals surface area contributed by atoms with Crippen molar-refractivity contribution in [2.75, 3.05) is 11.1 Å². The van der Waals surface area contributed by atoms with Gasteiger partial charge in [-0.25, -0.2) is 13.2 Å². The number of hydrogen-bond acceptors (Lipinski definition) is 6. The molecule has 0 saturated carbocycles. The molecule has 0 aliphatic carbocycles. The lowest BCUT2D eigenvalue weighted by Gasteiger charge is -2.08. The molecule has 2 heterocycles. The fraction of sp³-hybridized carbons (Fsp3) is 0. The van der Waals surface area contributed by atoms with E-state index in [1.807, 2.05) is 0 Å². The molecule has 0 atom stereocenters. The Morgan fingerprint density at radius 2 is 1.70 bits per heavy atom. The van der Waals surface area contributed by atoms with Crippen molar-refractivity contribution < 1.29 is 13.2 Å². The van der Waals surface area contributed by atoms with Crippen molar-refractivity contribution in [3.63, 3.8) is 0 Å². The predicted molar refractivity (Wildman–Crippen MR) is 77.1 cm³/mol. The molecule has 3 N–H and O–H groups in total. The molecule has 9 heteroatoms. The van der Waals surface area contributed by atoms with Crippen LogP contribution in [0.15, 0.2) is 36.7 Å². The summed E-state index contributed by atoms with van der Waals surface area (Å²) in [5.74, 6) is -2.87. The van der Waals surface area contributed by atoms with E-state index in [0.29, 0.717) is 0 Å². The van der Waals surface area contributed by atoms with Crippen molar-refractivity contribution >= 4 is 17.6 Å². The molecule has 0 fully saturated rings. The van der Waals surface area contributed by atoms with Crippen LogP contribution in [0.3, 0.4) is 0 Å². The summed E-state index contributed by atoms with van der Waals surface area (Å²) in [6, 6.07) is 4.51. The van der Waals surface area contributed by atoms with Crippen molar-refractivity contribution in [2.24, 2.45) is 0 Å². The maximum Gasteiger partial charge on any atom is 0.232 e. The Balaban J connectivity index is 2.03. The molecule has 0 aliphatic heterocycles. The number of rotatable bonds is 3. The highest BCUT2D eigenvalue weighted by molar-refractivity contribution is 5.61. The highest BCUT2D eigenvalue weighted by Gasteiger charge is 2.16. The Morgan fingerprint density at radius 3 is 2.39 bits per heavy atom. The van der Waals surface area contributed by atoms with Crippen molar-refractivity contribution in [3.05, 3.63) is 54.1 Å². The maximum absolute atomic E-state index is 13.8. The molecule has 0 aliphatic rings.